The van der Waals surface area contributed by atoms with E-state index in [1.54, 1.807) is 35.2 Å². The van der Waals surface area contributed by atoms with Crippen molar-refractivity contribution in [2.45, 2.75) is 30.7 Å². The first-order chi connectivity index (χ1) is 12.6. The number of nitrogens with zero attached hydrogens (tertiary/aromatic N) is 2. The van der Waals surface area contributed by atoms with E-state index in [1.165, 1.54) is 4.31 Å². The lowest BCUT2D eigenvalue weighted by molar-refractivity contribution is -0.132. The number of hydrogen-bond donors (Lipinski definition) is 0. The summed E-state index contributed by atoms with van der Waals surface area (Å²) >= 11 is 0. The first-order valence-corrected chi connectivity index (χ1v) is 10.4. The third-order valence-electron chi connectivity index (χ3n) is 4.60. The summed E-state index contributed by atoms with van der Waals surface area (Å²) < 4.78 is 27.5. The van der Waals surface area contributed by atoms with Crippen LogP contribution < -0.4 is 0 Å². The normalized spacial score (nSPS) is 15.2. The number of likely N-dealkylation sites (tertiary alicyclic amines) is 1. The van der Waals surface area contributed by atoms with Crippen molar-refractivity contribution in [1.82, 2.24) is 9.21 Å². The van der Waals surface area contributed by atoms with Gasteiger partial charge < -0.3 is 4.90 Å². The maximum Gasteiger partial charge on any atom is 0.243 e. The molecule has 0 spiro atoms. The molecule has 1 saturated heterocycles. The number of hydrogen-bond acceptors (Lipinski definition) is 3. The summed E-state index contributed by atoms with van der Waals surface area (Å²) in [4.78, 5) is 14.7. The highest BCUT2D eigenvalue weighted by Gasteiger charge is 2.29. The molecule has 0 unspecified atom stereocenters. The summed E-state index contributed by atoms with van der Waals surface area (Å²) in [6.07, 6.45) is 3.09. The van der Waals surface area contributed by atoms with Crippen molar-refractivity contribution in [2.24, 2.45) is 0 Å². The molecule has 0 aliphatic carbocycles. The highest BCUT2D eigenvalue weighted by Crippen LogP contribution is 2.19. The lowest BCUT2D eigenvalue weighted by atomic mass is 10.1. The van der Waals surface area contributed by atoms with Gasteiger partial charge in [-0.05, 0) is 37.0 Å². The van der Waals surface area contributed by atoms with Crippen LogP contribution in [0.5, 0.6) is 0 Å². The molecule has 1 aliphatic rings. The fourth-order valence-corrected chi connectivity index (χ4v) is 4.55. The van der Waals surface area contributed by atoms with E-state index in [0.29, 0.717) is 13.1 Å². The van der Waals surface area contributed by atoms with Gasteiger partial charge >= 0.3 is 0 Å². The second-order valence-electron chi connectivity index (χ2n) is 6.51. The minimum Gasteiger partial charge on any atom is -0.342 e. The zero-order valence-electron chi connectivity index (χ0n) is 14.8. The molecule has 6 heteroatoms. The van der Waals surface area contributed by atoms with E-state index < -0.39 is 10.0 Å². The summed E-state index contributed by atoms with van der Waals surface area (Å²) in [6, 6.07) is 17.7. The van der Waals surface area contributed by atoms with Gasteiger partial charge in [0, 0.05) is 19.6 Å². The summed E-state index contributed by atoms with van der Waals surface area (Å²) in [5, 5.41) is 0. The molecule has 0 radical (unpaired) electrons. The second-order valence-corrected chi connectivity index (χ2v) is 8.45. The molecule has 1 aliphatic heterocycles. The number of piperidine rings is 1. The quantitative estimate of drug-likeness (QED) is 0.783. The van der Waals surface area contributed by atoms with Crippen LogP contribution in [0.4, 0.5) is 0 Å². The molecule has 5 nitrogen and oxygen atoms in total. The van der Waals surface area contributed by atoms with E-state index >= 15 is 0 Å². The molecule has 0 bridgehead atoms. The third-order valence-corrected chi connectivity index (χ3v) is 6.41. The van der Waals surface area contributed by atoms with Gasteiger partial charge in [-0.1, -0.05) is 48.5 Å². The van der Waals surface area contributed by atoms with Crippen LogP contribution in [0.25, 0.3) is 0 Å². The Hall–Kier alpha value is -2.18. The number of carbonyl (C=O) groups is 1. The zero-order valence-corrected chi connectivity index (χ0v) is 15.6. The smallest absolute Gasteiger partial charge is 0.243 e. The van der Waals surface area contributed by atoms with Crippen LogP contribution in [0.2, 0.25) is 0 Å². The van der Waals surface area contributed by atoms with Gasteiger partial charge in [0.05, 0.1) is 11.4 Å². The fraction of sp³-hybridized carbons (Fsp3) is 0.350. The summed E-state index contributed by atoms with van der Waals surface area (Å²) in [6.45, 7) is 1.47. The number of carbonyl (C=O) groups excluding carboxylic acids is 1. The predicted octanol–water partition coefficient (Wildman–Crippen LogP) is 2.89. The molecular formula is C20H24N2O3S. The molecule has 1 heterocycles. The summed E-state index contributed by atoms with van der Waals surface area (Å²) in [5.41, 5.74) is 0.860. The molecular weight excluding hydrogens is 348 g/mol. The lowest BCUT2D eigenvalue weighted by Gasteiger charge is -2.29. The van der Waals surface area contributed by atoms with Crippen LogP contribution in [-0.4, -0.2) is 43.2 Å². The number of benzene rings is 2. The molecule has 138 valence electrons. The largest absolute Gasteiger partial charge is 0.342 e. The van der Waals surface area contributed by atoms with Gasteiger partial charge in [-0.15, -0.1) is 0 Å². The number of rotatable bonds is 6. The van der Waals surface area contributed by atoms with Crippen molar-refractivity contribution in [3.8, 4) is 0 Å². The van der Waals surface area contributed by atoms with Gasteiger partial charge in [0.15, 0.2) is 0 Å². The molecule has 1 fully saturated rings. The van der Waals surface area contributed by atoms with Crippen LogP contribution in [0.15, 0.2) is 65.6 Å². The Labute approximate surface area is 155 Å². The van der Waals surface area contributed by atoms with Gasteiger partial charge in [0.1, 0.15) is 0 Å². The minimum atomic E-state index is -3.75. The maximum atomic E-state index is 13.1. The Bertz CT molecular complexity index is 817. The van der Waals surface area contributed by atoms with Gasteiger partial charge in [-0.3, -0.25) is 4.79 Å². The molecule has 0 saturated carbocycles. The molecule has 3 rings (SSSR count). The Morgan fingerprint density at radius 2 is 1.46 bits per heavy atom. The summed E-state index contributed by atoms with van der Waals surface area (Å²) in [7, 11) is -3.75. The highest BCUT2D eigenvalue weighted by molar-refractivity contribution is 7.89. The Kier molecular flexibility index (Phi) is 6.06. The number of sulfonamides is 1. The third kappa shape index (κ3) is 4.51. The van der Waals surface area contributed by atoms with Crippen molar-refractivity contribution < 1.29 is 13.2 Å². The van der Waals surface area contributed by atoms with Crippen LogP contribution >= 0.6 is 0 Å². The van der Waals surface area contributed by atoms with E-state index in [4.69, 9.17) is 0 Å². The number of amides is 1. The Morgan fingerprint density at radius 3 is 2.08 bits per heavy atom. The molecule has 2 aromatic rings. The van der Waals surface area contributed by atoms with Gasteiger partial charge in [-0.25, -0.2) is 8.42 Å². The molecule has 0 atom stereocenters. The minimum absolute atomic E-state index is 0.125. The SMILES string of the molecule is O=C(CN(Cc1ccccc1)S(=O)(=O)c1ccccc1)N1CCCCC1. The zero-order chi connectivity index (χ0) is 18.4. The van der Waals surface area contributed by atoms with Crippen LogP contribution in [0.3, 0.4) is 0 Å². The molecule has 0 N–H and O–H groups in total. The molecule has 0 aromatic heterocycles. The van der Waals surface area contributed by atoms with Crippen LogP contribution in [0.1, 0.15) is 24.8 Å². The Balaban J connectivity index is 1.85. The predicted molar refractivity (Wildman–Crippen MR) is 101 cm³/mol. The van der Waals surface area contributed by atoms with Crippen molar-refractivity contribution in [3.05, 3.63) is 66.2 Å². The first-order valence-electron chi connectivity index (χ1n) is 8.94. The van der Waals surface area contributed by atoms with Crippen molar-refractivity contribution in [2.75, 3.05) is 19.6 Å². The van der Waals surface area contributed by atoms with E-state index in [2.05, 4.69) is 0 Å². The van der Waals surface area contributed by atoms with Gasteiger partial charge in [-0.2, -0.15) is 4.31 Å². The van der Waals surface area contributed by atoms with Crippen molar-refractivity contribution >= 4 is 15.9 Å². The van der Waals surface area contributed by atoms with E-state index in [-0.39, 0.29) is 23.9 Å². The molecule has 26 heavy (non-hydrogen) atoms. The summed E-state index contributed by atoms with van der Waals surface area (Å²) in [5.74, 6) is -0.125. The monoisotopic (exact) mass is 372 g/mol. The Morgan fingerprint density at radius 1 is 0.885 bits per heavy atom. The van der Waals surface area contributed by atoms with Crippen LogP contribution in [-0.2, 0) is 21.4 Å². The maximum absolute atomic E-state index is 13.1. The standard InChI is InChI=1S/C20H24N2O3S/c23-20(21-14-8-3-9-15-21)17-22(16-18-10-4-1-5-11-18)26(24,25)19-12-6-2-7-13-19/h1-2,4-7,10-13H,3,8-9,14-17H2. The van der Waals surface area contributed by atoms with Crippen molar-refractivity contribution in [1.29, 1.82) is 0 Å². The highest BCUT2D eigenvalue weighted by atomic mass is 32.2. The topological polar surface area (TPSA) is 57.7 Å². The van der Waals surface area contributed by atoms with Gasteiger partial charge in [0.25, 0.3) is 0 Å². The van der Waals surface area contributed by atoms with E-state index in [1.807, 2.05) is 30.3 Å². The average Bonchev–Trinajstić information content (AvgIpc) is 2.69. The van der Waals surface area contributed by atoms with Crippen LogP contribution in [0, 0.1) is 0 Å². The lowest BCUT2D eigenvalue weighted by Crippen LogP contribution is -2.44. The second kappa shape index (κ2) is 8.47. The first kappa shape index (κ1) is 18.6. The van der Waals surface area contributed by atoms with Gasteiger partial charge in [0.2, 0.25) is 15.9 Å². The fourth-order valence-electron chi connectivity index (χ4n) is 3.15. The van der Waals surface area contributed by atoms with E-state index in [0.717, 1.165) is 24.8 Å². The average molecular weight is 372 g/mol. The van der Waals surface area contributed by atoms with E-state index in [9.17, 15) is 13.2 Å². The molecule has 1 amide bonds. The molecule has 2 aromatic carbocycles. The van der Waals surface area contributed by atoms with Crippen molar-refractivity contribution in [3.63, 3.8) is 0 Å².